The van der Waals surface area contributed by atoms with Crippen LogP contribution >= 0.6 is 0 Å². The minimum Gasteiger partial charge on any atom is -0.444 e. The lowest BCUT2D eigenvalue weighted by Crippen LogP contribution is -2.40. The summed E-state index contributed by atoms with van der Waals surface area (Å²) in [6.07, 6.45) is 6.29. The van der Waals surface area contributed by atoms with Crippen molar-refractivity contribution in [2.24, 2.45) is 0 Å². The molecule has 0 saturated heterocycles. The average molecular weight is 461 g/mol. The molecule has 5 heteroatoms. The minimum absolute atomic E-state index is 0.0622. The number of ether oxygens (including phenoxy) is 1. The molecule has 1 aliphatic carbocycles. The number of benzene rings is 2. The summed E-state index contributed by atoms with van der Waals surface area (Å²) < 4.78 is 5.54. The van der Waals surface area contributed by atoms with Gasteiger partial charge in [-0.15, -0.1) is 0 Å². The van der Waals surface area contributed by atoms with Gasteiger partial charge in [-0.05, 0) is 93.3 Å². The summed E-state index contributed by atoms with van der Waals surface area (Å²) >= 11 is 0. The number of fused-ring (bicyclic) bond motifs is 1. The molecule has 1 heterocycles. The van der Waals surface area contributed by atoms with Crippen LogP contribution in [0.25, 0.3) is 6.08 Å². The molecule has 1 fully saturated rings. The summed E-state index contributed by atoms with van der Waals surface area (Å²) in [7, 11) is 0. The van der Waals surface area contributed by atoms with Crippen molar-refractivity contribution < 1.29 is 14.3 Å². The van der Waals surface area contributed by atoms with Crippen LogP contribution in [0.3, 0.4) is 0 Å². The predicted molar refractivity (Wildman–Crippen MR) is 135 cm³/mol. The zero-order valence-electron chi connectivity index (χ0n) is 21.1. The van der Waals surface area contributed by atoms with Crippen LogP contribution in [0.15, 0.2) is 42.5 Å². The third-order valence-corrected chi connectivity index (χ3v) is 6.69. The molecule has 4 rings (SSSR count). The van der Waals surface area contributed by atoms with E-state index in [9.17, 15) is 9.59 Å². The first-order chi connectivity index (χ1) is 16.1. The van der Waals surface area contributed by atoms with Gasteiger partial charge in [0.25, 0.3) is 0 Å². The van der Waals surface area contributed by atoms with Gasteiger partial charge in [0.2, 0.25) is 5.91 Å². The van der Waals surface area contributed by atoms with Crippen LogP contribution in [0.4, 0.5) is 4.79 Å². The fourth-order valence-electron chi connectivity index (χ4n) is 4.47. The summed E-state index contributed by atoms with van der Waals surface area (Å²) in [6.45, 7) is 11.7. The first-order valence-electron chi connectivity index (χ1n) is 12.2. The number of nitrogens with zero attached hydrogens (tertiary/aromatic N) is 2. The second-order valence-corrected chi connectivity index (χ2v) is 10.5. The molecule has 2 aromatic rings. The van der Waals surface area contributed by atoms with Crippen LogP contribution in [-0.2, 0) is 29.0 Å². The Morgan fingerprint density at radius 3 is 2.56 bits per heavy atom. The van der Waals surface area contributed by atoms with Gasteiger partial charge in [0.1, 0.15) is 5.60 Å². The number of amides is 2. The van der Waals surface area contributed by atoms with Gasteiger partial charge in [0, 0.05) is 31.8 Å². The van der Waals surface area contributed by atoms with Gasteiger partial charge < -0.3 is 14.5 Å². The highest BCUT2D eigenvalue weighted by Gasteiger charge is 2.32. The second kappa shape index (κ2) is 9.65. The summed E-state index contributed by atoms with van der Waals surface area (Å²) in [5.74, 6) is 0.0622. The van der Waals surface area contributed by atoms with Crippen LogP contribution in [0.1, 0.15) is 67.0 Å². The van der Waals surface area contributed by atoms with E-state index in [1.807, 2.05) is 37.8 Å². The Kier molecular flexibility index (Phi) is 6.83. The fourth-order valence-corrected chi connectivity index (χ4v) is 4.47. The SMILES string of the molecule is Cc1cccc(CN(C(=O)/C=C/c2cccc3c2CCN(C(=O)OC(C)(C)C)C3)C2CC2)c1C. The summed E-state index contributed by atoms with van der Waals surface area (Å²) in [5.41, 5.74) is 6.60. The second-order valence-electron chi connectivity index (χ2n) is 10.5. The van der Waals surface area contributed by atoms with E-state index in [1.165, 1.54) is 22.3 Å². The van der Waals surface area contributed by atoms with Crippen LogP contribution in [0, 0.1) is 13.8 Å². The first-order valence-corrected chi connectivity index (χ1v) is 12.2. The van der Waals surface area contributed by atoms with Crippen molar-refractivity contribution in [3.05, 3.63) is 75.9 Å². The molecule has 0 unspecified atom stereocenters. The largest absolute Gasteiger partial charge is 0.444 e. The summed E-state index contributed by atoms with van der Waals surface area (Å²) in [4.78, 5) is 29.5. The van der Waals surface area contributed by atoms with E-state index in [2.05, 4.69) is 44.2 Å². The van der Waals surface area contributed by atoms with E-state index >= 15 is 0 Å². The lowest BCUT2D eigenvalue weighted by molar-refractivity contribution is -0.127. The van der Waals surface area contributed by atoms with Gasteiger partial charge in [-0.25, -0.2) is 4.79 Å². The van der Waals surface area contributed by atoms with Crippen LogP contribution in [-0.4, -0.2) is 40.0 Å². The van der Waals surface area contributed by atoms with Crippen molar-refractivity contribution in [3.63, 3.8) is 0 Å². The van der Waals surface area contributed by atoms with Crippen molar-refractivity contribution in [2.45, 2.75) is 78.6 Å². The van der Waals surface area contributed by atoms with Gasteiger partial charge in [-0.2, -0.15) is 0 Å². The first kappa shape index (κ1) is 24.1. The molecule has 0 atom stereocenters. The van der Waals surface area contributed by atoms with E-state index in [4.69, 9.17) is 4.74 Å². The minimum atomic E-state index is -0.507. The maximum Gasteiger partial charge on any atom is 0.410 e. The molecule has 180 valence electrons. The van der Waals surface area contributed by atoms with Gasteiger partial charge >= 0.3 is 6.09 Å². The van der Waals surface area contributed by atoms with Crippen LogP contribution in [0.2, 0.25) is 0 Å². The van der Waals surface area contributed by atoms with Crippen molar-refractivity contribution in [3.8, 4) is 0 Å². The lowest BCUT2D eigenvalue weighted by atomic mass is 9.94. The fraction of sp³-hybridized carbons (Fsp3) is 0.448. The normalized spacial score (nSPS) is 15.9. The van der Waals surface area contributed by atoms with Gasteiger partial charge in [0.15, 0.2) is 0 Å². The van der Waals surface area contributed by atoms with Crippen molar-refractivity contribution in [1.29, 1.82) is 0 Å². The van der Waals surface area contributed by atoms with Crippen molar-refractivity contribution in [2.75, 3.05) is 6.54 Å². The standard InChI is InChI=1S/C29H36N2O3/c1-20-8-6-10-23(21(20)2)19-31(25-13-14-25)27(32)15-12-22-9-7-11-24-18-30(17-16-26(22)24)28(33)34-29(3,4)5/h6-12,15,25H,13-14,16-19H2,1-5H3/b15-12+. The molecule has 0 radical (unpaired) electrons. The Hall–Kier alpha value is -3.08. The third kappa shape index (κ3) is 5.69. The molecule has 1 saturated carbocycles. The molecule has 34 heavy (non-hydrogen) atoms. The summed E-state index contributed by atoms with van der Waals surface area (Å²) in [5, 5.41) is 0. The van der Waals surface area contributed by atoms with Crippen molar-refractivity contribution in [1.82, 2.24) is 9.80 Å². The average Bonchev–Trinajstić information content (AvgIpc) is 3.62. The maximum atomic E-state index is 13.2. The van der Waals surface area contributed by atoms with Gasteiger partial charge in [-0.1, -0.05) is 36.4 Å². The molecule has 2 aliphatic rings. The highest BCUT2D eigenvalue weighted by Crippen LogP contribution is 2.30. The topological polar surface area (TPSA) is 49.9 Å². The van der Waals surface area contributed by atoms with Crippen LogP contribution in [0.5, 0.6) is 0 Å². The Balaban J connectivity index is 1.47. The lowest BCUT2D eigenvalue weighted by Gasteiger charge is -2.31. The number of carbonyl (C=O) groups is 2. The number of hydrogen-bond donors (Lipinski definition) is 0. The van der Waals surface area contributed by atoms with E-state index in [0.717, 1.165) is 30.4 Å². The molecule has 2 aromatic carbocycles. The van der Waals surface area contributed by atoms with Gasteiger partial charge in [0.05, 0.1) is 0 Å². The zero-order chi connectivity index (χ0) is 24.5. The number of aryl methyl sites for hydroxylation is 1. The highest BCUT2D eigenvalue weighted by molar-refractivity contribution is 5.92. The van der Waals surface area contributed by atoms with Gasteiger partial charge in [-0.3, -0.25) is 4.79 Å². The van der Waals surface area contributed by atoms with E-state index < -0.39 is 5.60 Å². The molecule has 0 N–H and O–H groups in total. The third-order valence-electron chi connectivity index (χ3n) is 6.69. The highest BCUT2D eigenvalue weighted by atomic mass is 16.6. The zero-order valence-corrected chi connectivity index (χ0v) is 21.1. The van der Waals surface area contributed by atoms with Crippen molar-refractivity contribution >= 4 is 18.1 Å². The number of rotatable bonds is 5. The molecular formula is C29H36N2O3. The Morgan fingerprint density at radius 1 is 1.12 bits per heavy atom. The Labute approximate surface area is 203 Å². The molecule has 5 nitrogen and oxygen atoms in total. The maximum absolute atomic E-state index is 13.2. The van der Waals surface area contributed by atoms with E-state index in [1.54, 1.807) is 11.0 Å². The molecule has 0 aromatic heterocycles. The van der Waals surface area contributed by atoms with Crippen LogP contribution < -0.4 is 0 Å². The number of carbonyl (C=O) groups excluding carboxylic acids is 2. The molecule has 2 amide bonds. The predicted octanol–water partition coefficient (Wildman–Crippen LogP) is 5.80. The van der Waals surface area contributed by atoms with E-state index in [0.29, 0.717) is 25.7 Å². The monoisotopic (exact) mass is 460 g/mol. The Bertz CT molecular complexity index is 1110. The molecule has 0 bridgehead atoms. The molecule has 0 spiro atoms. The number of hydrogen-bond acceptors (Lipinski definition) is 3. The smallest absolute Gasteiger partial charge is 0.410 e. The molecule has 1 aliphatic heterocycles. The molecular weight excluding hydrogens is 424 g/mol. The Morgan fingerprint density at radius 2 is 1.85 bits per heavy atom. The van der Waals surface area contributed by atoms with E-state index in [-0.39, 0.29) is 12.0 Å². The quantitative estimate of drug-likeness (QED) is 0.530. The summed E-state index contributed by atoms with van der Waals surface area (Å²) in [6, 6.07) is 12.8.